The summed E-state index contributed by atoms with van der Waals surface area (Å²) < 4.78 is 0. The molecule has 0 aromatic heterocycles. The minimum atomic E-state index is -0.0844. The Labute approximate surface area is 94.6 Å². The van der Waals surface area contributed by atoms with Crippen LogP contribution in [0, 0.1) is 0 Å². The van der Waals surface area contributed by atoms with E-state index in [1.165, 1.54) is 5.56 Å². The van der Waals surface area contributed by atoms with Gasteiger partial charge in [-0.05, 0) is 18.4 Å². The zero-order chi connectivity index (χ0) is 10.7. The maximum Gasteiger partial charge on any atom is 0.234 e. The van der Waals surface area contributed by atoms with Crippen LogP contribution >= 0.6 is 11.6 Å². The molecular formula is C12H14ClNO. The molecule has 1 aliphatic rings. The summed E-state index contributed by atoms with van der Waals surface area (Å²) in [5.74, 6) is -0.0379. The third-order valence-corrected chi connectivity index (χ3v) is 3.23. The summed E-state index contributed by atoms with van der Waals surface area (Å²) >= 11 is 5.44. The number of amides is 1. The van der Waals surface area contributed by atoms with Crippen molar-refractivity contribution in [2.45, 2.75) is 18.3 Å². The van der Waals surface area contributed by atoms with E-state index in [-0.39, 0.29) is 17.2 Å². The summed E-state index contributed by atoms with van der Waals surface area (Å²) in [6.45, 7) is 0.711. The second kappa shape index (κ2) is 4.23. The maximum absolute atomic E-state index is 11.1. The van der Waals surface area contributed by atoms with Crippen LogP contribution in [0.2, 0.25) is 0 Å². The smallest absolute Gasteiger partial charge is 0.234 e. The van der Waals surface area contributed by atoms with Crippen LogP contribution in [0.25, 0.3) is 0 Å². The largest absolute Gasteiger partial charge is 0.354 e. The molecule has 1 aliphatic carbocycles. The molecular weight excluding hydrogens is 210 g/mol. The lowest BCUT2D eigenvalue weighted by Gasteiger charge is -2.15. The molecule has 1 aromatic carbocycles. The fourth-order valence-electron chi connectivity index (χ4n) is 1.83. The molecule has 1 fully saturated rings. The van der Waals surface area contributed by atoms with E-state index in [1.54, 1.807) is 0 Å². The maximum atomic E-state index is 11.1. The van der Waals surface area contributed by atoms with Gasteiger partial charge in [0.15, 0.2) is 0 Å². The van der Waals surface area contributed by atoms with Gasteiger partial charge in [-0.25, -0.2) is 0 Å². The molecule has 0 heterocycles. The summed E-state index contributed by atoms with van der Waals surface area (Å²) in [5.41, 5.74) is 1.50. The summed E-state index contributed by atoms with van der Waals surface area (Å²) in [6, 6.07) is 10.3. The number of rotatable bonds is 4. The second-order valence-electron chi connectivity index (χ2n) is 4.06. The number of halogens is 1. The molecule has 0 aliphatic heterocycles. The molecule has 2 rings (SSSR count). The van der Waals surface area contributed by atoms with Gasteiger partial charge in [0, 0.05) is 12.0 Å². The van der Waals surface area contributed by atoms with Gasteiger partial charge in [0.25, 0.3) is 0 Å². The van der Waals surface area contributed by atoms with Gasteiger partial charge in [0.1, 0.15) is 5.88 Å². The highest BCUT2D eigenvalue weighted by atomic mass is 35.5. The van der Waals surface area contributed by atoms with E-state index < -0.39 is 0 Å². The Kier molecular flexibility index (Phi) is 2.96. The van der Waals surface area contributed by atoms with Crippen LogP contribution in [0.15, 0.2) is 30.3 Å². The lowest BCUT2D eigenvalue weighted by atomic mass is 9.96. The van der Waals surface area contributed by atoms with E-state index >= 15 is 0 Å². The number of carbonyl (C=O) groups excluding carboxylic acids is 1. The number of hydrogen-bond acceptors (Lipinski definition) is 1. The molecule has 1 amide bonds. The first-order chi connectivity index (χ1) is 7.27. The van der Waals surface area contributed by atoms with E-state index in [9.17, 15) is 4.79 Å². The highest BCUT2D eigenvalue weighted by molar-refractivity contribution is 6.27. The van der Waals surface area contributed by atoms with Crippen LogP contribution in [0.3, 0.4) is 0 Å². The van der Waals surface area contributed by atoms with Crippen molar-refractivity contribution in [3.63, 3.8) is 0 Å². The Morgan fingerprint density at radius 2 is 2.00 bits per heavy atom. The van der Waals surface area contributed by atoms with Crippen LogP contribution in [-0.4, -0.2) is 18.3 Å². The zero-order valence-corrected chi connectivity index (χ0v) is 9.26. The number of nitrogens with one attached hydrogen (secondary N) is 1. The lowest BCUT2D eigenvalue weighted by Crippen LogP contribution is -2.32. The molecule has 80 valence electrons. The van der Waals surface area contributed by atoms with Crippen molar-refractivity contribution in [1.29, 1.82) is 0 Å². The van der Waals surface area contributed by atoms with E-state index in [1.807, 2.05) is 18.2 Å². The fraction of sp³-hybridized carbons (Fsp3) is 0.417. The first-order valence-corrected chi connectivity index (χ1v) is 5.68. The van der Waals surface area contributed by atoms with Crippen LogP contribution in [-0.2, 0) is 10.2 Å². The standard InChI is InChI=1S/C12H14ClNO/c13-8-11(15)14-9-12(6-7-12)10-4-2-1-3-5-10/h1-5H,6-9H2,(H,14,15). The predicted octanol–water partition coefficient (Wildman–Crippen LogP) is 2.07. The van der Waals surface area contributed by atoms with Crippen LogP contribution in [0.4, 0.5) is 0 Å². The molecule has 0 spiro atoms. The van der Waals surface area contributed by atoms with Crippen molar-refractivity contribution < 1.29 is 4.79 Å². The molecule has 1 N–H and O–H groups in total. The molecule has 1 aromatic rings. The first-order valence-electron chi connectivity index (χ1n) is 5.15. The highest BCUT2D eigenvalue weighted by Gasteiger charge is 2.44. The van der Waals surface area contributed by atoms with Gasteiger partial charge in [-0.1, -0.05) is 30.3 Å². The predicted molar refractivity (Wildman–Crippen MR) is 61.1 cm³/mol. The molecule has 0 radical (unpaired) electrons. The van der Waals surface area contributed by atoms with E-state index in [0.717, 1.165) is 12.8 Å². The third kappa shape index (κ3) is 2.32. The number of carbonyl (C=O) groups is 1. The minimum absolute atomic E-state index is 0.0465. The van der Waals surface area contributed by atoms with Crippen molar-refractivity contribution in [3.05, 3.63) is 35.9 Å². The van der Waals surface area contributed by atoms with Gasteiger partial charge in [-0.3, -0.25) is 4.79 Å². The average molecular weight is 224 g/mol. The molecule has 1 saturated carbocycles. The zero-order valence-electron chi connectivity index (χ0n) is 8.50. The van der Waals surface area contributed by atoms with Crippen molar-refractivity contribution in [1.82, 2.24) is 5.32 Å². The molecule has 15 heavy (non-hydrogen) atoms. The van der Waals surface area contributed by atoms with Crippen molar-refractivity contribution in [2.75, 3.05) is 12.4 Å². The number of benzene rings is 1. The highest BCUT2D eigenvalue weighted by Crippen LogP contribution is 2.47. The van der Waals surface area contributed by atoms with E-state index in [0.29, 0.717) is 6.54 Å². The van der Waals surface area contributed by atoms with Crippen molar-refractivity contribution in [3.8, 4) is 0 Å². The SMILES string of the molecule is O=C(CCl)NCC1(c2ccccc2)CC1. The van der Waals surface area contributed by atoms with Crippen LogP contribution < -0.4 is 5.32 Å². The summed E-state index contributed by atoms with van der Waals surface area (Å²) in [7, 11) is 0. The van der Waals surface area contributed by atoms with Gasteiger partial charge in [-0.15, -0.1) is 11.6 Å². The molecule has 0 unspecified atom stereocenters. The molecule has 0 atom stereocenters. The van der Waals surface area contributed by atoms with Gasteiger partial charge < -0.3 is 5.32 Å². The molecule has 0 saturated heterocycles. The Hall–Kier alpha value is -1.02. The van der Waals surface area contributed by atoms with Crippen molar-refractivity contribution in [2.24, 2.45) is 0 Å². The molecule has 2 nitrogen and oxygen atoms in total. The second-order valence-corrected chi connectivity index (χ2v) is 4.32. The van der Waals surface area contributed by atoms with Gasteiger partial charge in [0.05, 0.1) is 0 Å². The van der Waals surface area contributed by atoms with E-state index in [4.69, 9.17) is 11.6 Å². The topological polar surface area (TPSA) is 29.1 Å². The van der Waals surface area contributed by atoms with E-state index in [2.05, 4.69) is 17.4 Å². The Bertz CT molecular complexity index is 346. The average Bonchev–Trinajstić information content (AvgIpc) is 3.08. The number of alkyl halides is 1. The summed E-state index contributed by atoms with van der Waals surface area (Å²) in [4.78, 5) is 11.1. The van der Waals surface area contributed by atoms with Crippen LogP contribution in [0.1, 0.15) is 18.4 Å². The monoisotopic (exact) mass is 223 g/mol. The molecule has 0 bridgehead atoms. The summed E-state index contributed by atoms with van der Waals surface area (Å²) in [5, 5.41) is 2.86. The number of hydrogen-bond donors (Lipinski definition) is 1. The normalized spacial score (nSPS) is 17.1. The lowest BCUT2D eigenvalue weighted by molar-refractivity contribution is -0.118. The third-order valence-electron chi connectivity index (χ3n) is 2.99. The van der Waals surface area contributed by atoms with Crippen molar-refractivity contribution >= 4 is 17.5 Å². The molecule has 3 heteroatoms. The van der Waals surface area contributed by atoms with Gasteiger partial charge in [-0.2, -0.15) is 0 Å². The van der Waals surface area contributed by atoms with Crippen LogP contribution in [0.5, 0.6) is 0 Å². The Morgan fingerprint density at radius 1 is 1.33 bits per heavy atom. The van der Waals surface area contributed by atoms with Gasteiger partial charge in [0.2, 0.25) is 5.91 Å². The summed E-state index contributed by atoms with van der Waals surface area (Å²) in [6.07, 6.45) is 2.30. The minimum Gasteiger partial charge on any atom is -0.354 e. The first kappa shape index (κ1) is 10.5. The Morgan fingerprint density at radius 3 is 2.53 bits per heavy atom. The van der Waals surface area contributed by atoms with Gasteiger partial charge >= 0.3 is 0 Å². The fourth-order valence-corrected chi connectivity index (χ4v) is 1.92. The quantitative estimate of drug-likeness (QED) is 0.778. The Balaban J connectivity index is 2.00.